The van der Waals surface area contributed by atoms with Crippen LogP contribution in [0.5, 0.6) is 0 Å². The Kier molecular flexibility index (Phi) is 2.96. The second-order valence-electron chi connectivity index (χ2n) is 4.74. The predicted octanol–water partition coefficient (Wildman–Crippen LogP) is 3.53. The third-order valence-corrected chi connectivity index (χ3v) is 2.86. The molecule has 0 unspecified atom stereocenters. The van der Waals surface area contributed by atoms with Gasteiger partial charge in [0, 0.05) is 0 Å². The molecule has 0 radical (unpaired) electrons. The molecular formula is C13H16F2O2. The smallest absolute Gasteiger partial charge is 0.303 e. The second kappa shape index (κ2) is 4.03. The van der Waals surface area contributed by atoms with E-state index in [0.717, 1.165) is 0 Å². The van der Waals surface area contributed by atoms with Gasteiger partial charge in [0.25, 0.3) is 0 Å². The van der Waals surface area contributed by atoms with Gasteiger partial charge < -0.3 is 9.47 Å². The first-order valence-electron chi connectivity index (χ1n) is 5.61. The van der Waals surface area contributed by atoms with E-state index in [9.17, 15) is 8.78 Å². The lowest BCUT2D eigenvalue weighted by Crippen LogP contribution is -2.53. The molecule has 0 spiro atoms. The van der Waals surface area contributed by atoms with Crippen LogP contribution in [0, 0.1) is 0 Å². The number of rotatable bonds is 1. The van der Waals surface area contributed by atoms with Crippen LogP contribution in [0.3, 0.4) is 0 Å². The highest BCUT2D eigenvalue weighted by Gasteiger charge is 2.55. The van der Waals surface area contributed by atoms with Gasteiger partial charge in [-0.05, 0) is 26.3 Å². The SMILES string of the molecule is C[C@H]1OC(C)(C)O[C@@H](c2ccccc2)C1(F)F. The van der Waals surface area contributed by atoms with Crippen molar-refractivity contribution in [3.63, 3.8) is 0 Å². The standard InChI is InChI=1S/C13H16F2O2/c1-9-13(14,15)11(17-12(2,3)16-9)10-7-5-4-6-8-10/h4-9,11H,1-3H3/t9-,11+/m1/s1. The molecule has 94 valence electrons. The minimum Gasteiger partial charge on any atom is -0.341 e. The molecule has 1 aliphatic rings. The van der Waals surface area contributed by atoms with Gasteiger partial charge >= 0.3 is 5.92 Å². The van der Waals surface area contributed by atoms with Gasteiger partial charge in [-0.25, -0.2) is 8.78 Å². The number of ether oxygens (including phenoxy) is 2. The monoisotopic (exact) mass is 242 g/mol. The molecule has 0 aromatic heterocycles. The Labute approximate surface area is 99.5 Å². The molecule has 17 heavy (non-hydrogen) atoms. The fourth-order valence-electron chi connectivity index (χ4n) is 2.03. The maximum absolute atomic E-state index is 14.0. The summed E-state index contributed by atoms with van der Waals surface area (Å²) in [6, 6.07) is 8.53. The van der Waals surface area contributed by atoms with Crippen molar-refractivity contribution in [2.45, 2.75) is 44.7 Å². The van der Waals surface area contributed by atoms with Crippen molar-refractivity contribution in [2.75, 3.05) is 0 Å². The van der Waals surface area contributed by atoms with Crippen molar-refractivity contribution in [1.29, 1.82) is 0 Å². The van der Waals surface area contributed by atoms with E-state index in [1.54, 1.807) is 44.2 Å². The van der Waals surface area contributed by atoms with E-state index in [2.05, 4.69) is 0 Å². The third kappa shape index (κ3) is 2.33. The lowest BCUT2D eigenvalue weighted by atomic mass is 9.97. The van der Waals surface area contributed by atoms with Gasteiger partial charge in [0.05, 0.1) is 0 Å². The Morgan fingerprint density at radius 1 is 1.06 bits per heavy atom. The molecule has 0 amide bonds. The quantitative estimate of drug-likeness (QED) is 0.750. The first-order chi connectivity index (χ1) is 7.83. The van der Waals surface area contributed by atoms with Crippen molar-refractivity contribution < 1.29 is 18.3 Å². The van der Waals surface area contributed by atoms with Crippen LogP contribution in [0.2, 0.25) is 0 Å². The zero-order valence-corrected chi connectivity index (χ0v) is 10.1. The minimum absolute atomic E-state index is 0.473. The fourth-order valence-corrected chi connectivity index (χ4v) is 2.03. The highest BCUT2D eigenvalue weighted by atomic mass is 19.3. The number of hydrogen-bond donors (Lipinski definition) is 0. The lowest BCUT2D eigenvalue weighted by molar-refractivity contribution is -0.375. The molecule has 4 heteroatoms. The molecule has 0 saturated carbocycles. The molecule has 1 heterocycles. The van der Waals surface area contributed by atoms with Crippen molar-refractivity contribution >= 4 is 0 Å². The van der Waals surface area contributed by atoms with Crippen LogP contribution < -0.4 is 0 Å². The second-order valence-corrected chi connectivity index (χ2v) is 4.74. The van der Waals surface area contributed by atoms with E-state index in [-0.39, 0.29) is 0 Å². The Morgan fingerprint density at radius 3 is 2.24 bits per heavy atom. The van der Waals surface area contributed by atoms with Crippen LogP contribution in [0.15, 0.2) is 30.3 Å². The first-order valence-corrected chi connectivity index (χ1v) is 5.61. The van der Waals surface area contributed by atoms with Gasteiger partial charge in [0.2, 0.25) is 0 Å². The molecule has 0 N–H and O–H groups in total. The van der Waals surface area contributed by atoms with Crippen LogP contribution in [0.25, 0.3) is 0 Å². The maximum Gasteiger partial charge on any atom is 0.303 e. The Balaban J connectivity index is 2.36. The number of halogens is 2. The summed E-state index contributed by atoms with van der Waals surface area (Å²) >= 11 is 0. The first kappa shape index (κ1) is 12.5. The molecule has 1 aromatic rings. The highest BCUT2D eigenvalue weighted by molar-refractivity contribution is 5.21. The Bertz CT molecular complexity index is 390. The average molecular weight is 242 g/mol. The number of benzene rings is 1. The molecule has 1 aliphatic heterocycles. The molecule has 2 rings (SSSR count). The van der Waals surface area contributed by atoms with Crippen molar-refractivity contribution in [2.24, 2.45) is 0 Å². The van der Waals surface area contributed by atoms with Gasteiger partial charge in [-0.3, -0.25) is 0 Å². The van der Waals surface area contributed by atoms with E-state index in [0.29, 0.717) is 5.56 Å². The summed E-state index contributed by atoms with van der Waals surface area (Å²) in [5.74, 6) is -4.03. The molecule has 1 fully saturated rings. The van der Waals surface area contributed by atoms with Gasteiger partial charge in [-0.2, -0.15) is 0 Å². The van der Waals surface area contributed by atoms with Crippen LogP contribution in [-0.4, -0.2) is 17.8 Å². The van der Waals surface area contributed by atoms with E-state index in [1.807, 2.05) is 0 Å². The predicted molar refractivity (Wildman–Crippen MR) is 59.8 cm³/mol. The molecular weight excluding hydrogens is 226 g/mol. The van der Waals surface area contributed by atoms with Crippen LogP contribution in [0.4, 0.5) is 8.78 Å². The lowest BCUT2D eigenvalue weighted by Gasteiger charge is -2.44. The van der Waals surface area contributed by atoms with Gasteiger partial charge in [-0.1, -0.05) is 30.3 Å². The summed E-state index contributed by atoms with van der Waals surface area (Å²) in [4.78, 5) is 0. The van der Waals surface area contributed by atoms with Gasteiger partial charge in [-0.15, -0.1) is 0 Å². The van der Waals surface area contributed by atoms with Crippen molar-refractivity contribution in [3.8, 4) is 0 Å². The van der Waals surface area contributed by atoms with E-state index >= 15 is 0 Å². The summed E-state index contributed by atoms with van der Waals surface area (Å²) in [6.07, 6.45) is -2.43. The van der Waals surface area contributed by atoms with Crippen LogP contribution >= 0.6 is 0 Å². The van der Waals surface area contributed by atoms with Crippen LogP contribution in [-0.2, 0) is 9.47 Å². The molecule has 0 aliphatic carbocycles. The average Bonchev–Trinajstić information content (AvgIpc) is 2.25. The molecule has 1 saturated heterocycles. The maximum atomic E-state index is 14.0. The fraction of sp³-hybridized carbons (Fsp3) is 0.538. The van der Waals surface area contributed by atoms with Crippen molar-refractivity contribution in [1.82, 2.24) is 0 Å². The Hall–Kier alpha value is -1.00. The molecule has 2 nitrogen and oxygen atoms in total. The van der Waals surface area contributed by atoms with Crippen LogP contribution in [0.1, 0.15) is 32.4 Å². The zero-order chi connectivity index (χ0) is 12.7. The summed E-state index contributed by atoms with van der Waals surface area (Å²) < 4.78 is 38.6. The van der Waals surface area contributed by atoms with Gasteiger partial charge in [0.1, 0.15) is 6.10 Å². The normalized spacial score (nSPS) is 31.1. The molecule has 2 atom stereocenters. The van der Waals surface area contributed by atoms with E-state index in [1.165, 1.54) is 6.92 Å². The number of hydrogen-bond acceptors (Lipinski definition) is 2. The van der Waals surface area contributed by atoms with Gasteiger partial charge in [0.15, 0.2) is 11.9 Å². The summed E-state index contributed by atoms with van der Waals surface area (Å²) in [6.45, 7) is 4.67. The summed E-state index contributed by atoms with van der Waals surface area (Å²) in [7, 11) is 0. The highest BCUT2D eigenvalue weighted by Crippen LogP contribution is 2.46. The Morgan fingerprint density at radius 2 is 1.65 bits per heavy atom. The summed E-state index contributed by atoms with van der Waals surface area (Å²) in [5, 5.41) is 0. The molecule has 0 bridgehead atoms. The third-order valence-electron chi connectivity index (χ3n) is 2.86. The number of alkyl halides is 2. The van der Waals surface area contributed by atoms with E-state index in [4.69, 9.17) is 9.47 Å². The van der Waals surface area contributed by atoms with Crippen molar-refractivity contribution in [3.05, 3.63) is 35.9 Å². The van der Waals surface area contributed by atoms with E-state index < -0.39 is 23.9 Å². The summed E-state index contributed by atoms with van der Waals surface area (Å²) in [5.41, 5.74) is 0.473. The largest absolute Gasteiger partial charge is 0.341 e. The molecule has 1 aromatic carbocycles. The zero-order valence-electron chi connectivity index (χ0n) is 10.1. The minimum atomic E-state index is -3.03. The topological polar surface area (TPSA) is 18.5 Å².